The van der Waals surface area contributed by atoms with E-state index < -0.39 is 46.2 Å². The van der Waals surface area contributed by atoms with E-state index in [9.17, 15) is 18.4 Å². The molecule has 29 heavy (non-hydrogen) atoms. The van der Waals surface area contributed by atoms with Crippen molar-refractivity contribution < 1.29 is 32.6 Å². The molecule has 164 valence electrons. The second kappa shape index (κ2) is 9.01. The third-order valence-corrected chi connectivity index (χ3v) is 4.35. The minimum Gasteiger partial charge on any atom is -0.491 e. The Labute approximate surface area is 183 Å². The number of rotatable bonds is 5. The number of nitrogens with one attached hydrogen (secondary N) is 1. The summed E-state index contributed by atoms with van der Waals surface area (Å²) >= 11 is 1.70. The molecule has 1 aromatic carbocycles. The normalized spacial score (nSPS) is 14.0. The zero-order valence-electron chi connectivity index (χ0n) is 18.0. The van der Waals surface area contributed by atoms with Crippen LogP contribution in [0.1, 0.15) is 54.0 Å². The number of hydrogen-bond donors (Lipinski definition) is 1. The third kappa shape index (κ3) is 7.27. The second-order valence-electron chi connectivity index (χ2n) is 8.82. The smallest absolute Gasteiger partial charge is 0.408 e. The molecule has 1 N–H and O–H groups in total. The molecule has 0 radical (unpaired) electrons. The number of ether oxygens (including phenoxy) is 3. The van der Waals surface area contributed by atoms with Gasteiger partial charge in [0, 0.05) is 6.42 Å². The Hall–Kier alpha value is -1.65. The second-order valence-corrected chi connectivity index (χ2v) is 9.98. The monoisotopic (exact) mass is 527 g/mol. The Morgan fingerprint density at radius 1 is 1.00 bits per heavy atom. The van der Waals surface area contributed by atoms with E-state index in [4.69, 9.17) is 14.2 Å². The number of amides is 1. The maximum Gasteiger partial charge on any atom is 0.408 e. The molecule has 0 aromatic heterocycles. The molecule has 6 nitrogen and oxygen atoms in total. The van der Waals surface area contributed by atoms with Crippen molar-refractivity contribution in [1.82, 2.24) is 5.32 Å². The molecule has 1 amide bonds. The molecule has 1 rings (SSSR count). The topological polar surface area (TPSA) is 73.9 Å². The van der Waals surface area contributed by atoms with Crippen LogP contribution in [0, 0.1) is 15.2 Å². The molecule has 1 unspecified atom stereocenters. The summed E-state index contributed by atoms with van der Waals surface area (Å²) in [6.45, 7) is 11.4. The summed E-state index contributed by atoms with van der Waals surface area (Å²) in [4.78, 5) is 25.2. The van der Waals surface area contributed by atoms with Crippen LogP contribution in [0.15, 0.2) is 6.07 Å². The van der Waals surface area contributed by atoms with Crippen LogP contribution in [0.5, 0.6) is 5.75 Å². The van der Waals surface area contributed by atoms with Gasteiger partial charge in [0.15, 0.2) is 17.4 Å². The molecule has 1 atom stereocenters. The lowest BCUT2D eigenvalue weighted by molar-refractivity contribution is -0.162. The van der Waals surface area contributed by atoms with Crippen molar-refractivity contribution in [2.24, 2.45) is 0 Å². The van der Waals surface area contributed by atoms with Crippen molar-refractivity contribution >= 4 is 34.7 Å². The molecule has 0 spiro atoms. The Morgan fingerprint density at radius 3 is 1.97 bits per heavy atom. The predicted molar refractivity (Wildman–Crippen MR) is 113 cm³/mol. The van der Waals surface area contributed by atoms with E-state index in [1.54, 1.807) is 64.1 Å². The lowest BCUT2D eigenvalue weighted by Gasteiger charge is -2.33. The third-order valence-electron chi connectivity index (χ3n) is 3.57. The molecule has 9 heteroatoms. The van der Waals surface area contributed by atoms with Crippen LogP contribution in [0.2, 0.25) is 0 Å². The minimum absolute atomic E-state index is 0.0166. The summed E-state index contributed by atoms with van der Waals surface area (Å²) in [5, 5.41) is 2.48. The van der Waals surface area contributed by atoms with Gasteiger partial charge in [-0.2, -0.15) is 0 Å². The first-order chi connectivity index (χ1) is 13.0. The average molecular weight is 527 g/mol. The molecule has 1 aromatic rings. The number of benzene rings is 1. The van der Waals surface area contributed by atoms with Gasteiger partial charge in [0.1, 0.15) is 16.7 Å². The van der Waals surface area contributed by atoms with E-state index >= 15 is 0 Å². The largest absolute Gasteiger partial charge is 0.491 e. The molecular formula is C20H28F2INO5. The van der Waals surface area contributed by atoms with Crippen molar-refractivity contribution in [2.45, 2.75) is 71.6 Å². The van der Waals surface area contributed by atoms with Crippen molar-refractivity contribution in [3.05, 3.63) is 26.8 Å². The van der Waals surface area contributed by atoms with Gasteiger partial charge in [-0.1, -0.05) is 0 Å². The van der Waals surface area contributed by atoms with Gasteiger partial charge >= 0.3 is 12.1 Å². The summed E-state index contributed by atoms with van der Waals surface area (Å²) in [5.74, 6) is -3.14. The van der Waals surface area contributed by atoms with Crippen LogP contribution in [0.25, 0.3) is 0 Å². The summed E-state index contributed by atoms with van der Waals surface area (Å²) in [6, 6.07) is 1.26. The number of halogens is 3. The average Bonchev–Trinajstić information content (AvgIpc) is 2.49. The van der Waals surface area contributed by atoms with E-state index in [1.807, 2.05) is 0 Å². The van der Waals surface area contributed by atoms with E-state index in [-0.39, 0.29) is 15.6 Å². The van der Waals surface area contributed by atoms with Crippen LogP contribution < -0.4 is 10.1 Å². The fourth-order valence-electron chi connectivity index (χ4n) is 2.41. The first-order valence-corrected chi connectivity index (χ1v) is 10.0. The number of methoxy groups -OCH3 is 1. The lowest BCUT2D eigenvalue weighted by Crippen LogP contribution is -2.56. The lowest BCUT2D eigenvalue weighted by atomic mass is 9.92. The van der Waals surface area contributed by atoms with E-state index in [0.717, 1.165) is 7.11 Å². The fourth-order valence-corrected chi connectivity index (χ4v) is 3.03. The van der Waals surface area contributed by atoms with Gasteiger partial charge < -0.3 is 19.5 Å². The van der Waals surface area contributed by atoms with Crippen molar-refractivity contribution in [3.8, 4) is 5.75 Å². The molecule has 0 aliphatic rings. The molecule has 0 saturated heterocycles. The van der Waals surface area contributed by atoms with Gasteiger partial charge in [-0.3, -0.25) is 0 Å². The Morgan fingerprint density at radius 2 is 1.52 bits per heavy atom. The van der Waals surface area contributed by atoms with Crippen LogP contribution in [0.4, 0.5) is 13.6 Å². The summed E-state index contributed by atoms with van der Waals surface area (Å²) < 4.78 is 44.5. The molecule has 0 bridgehead atoms. The molecule has 0 fully saturated rings. The van der Waals surface area contributed by atoms with Gasteiger partial charge in [-0.25, -0.2) is 18.4 Å². The highest BCUT2D eigenvalue weighted by atomic mass is 127. The van der Waals surface area contributed by atoms with Gasteiger partial charge in [0.05, 0.1) is 10.7 Å². The number of hydrogen-bond acceptors (Lipinski definition) is 5. The molecule has 0 aliphatic heterocycles. The number of alkyl carbamates (subject to hydrolysis) is 1. The molecule has 0 aliphatic carbocycles. The zero-order valence-corrected chi connectivity index (χ0v) is 20.1. The predicted octanol–water partition coefficient (Wildman–Crippen LogP) is 4.75. The van der Waals surface area contributed by atoms with Crippen LogP contribution in [-0.4, -0.2) is 35.9 Å². The van der Waals surface area contributed by atoms with Crippen LogP contribution >= 0.6 is 22.6 Å². The highest BCUT2D eigenvalue weighted by Gasteiger charge is 2.41. The first-order valence-electron chi connectivity index (χ1n) is 8.94. The van der Waals surface area contributed by atoms with E-state index in [1.165, 1.54) is 13.0 Å². The van der Waals surface area contributed by atoms with Crippen LogP contribution in [-0.2, 0) is 20.7 Å². The van der Waals surface area contributed by atoms with Gasteiger partial charge in [-0.05, 0) is 82.7 Å². The van der Waals surface area contributed by atoms with Gasteiger partial charge in [0.25, 0.3) is 0 Å². The van der Waals surface area contributed by atoms with Gasteiger partial charge in [-0.15, -0.1) is 0 Å². The fraction of sp³-hybridized carbons (Fsp3) is 0.600. The number of carbonyl (C=O) groups excluding carboxylic acids is 2. The van der Waals surface area contributed by atoms with Crippen molar-refractivity contribution in [2.75, 3.05) is 7.11 Å². The van der Waals surface area contributed by atoms with E-state index in [2.05, 4.69) is 5.32 Å². The standard InChI is InChI=1S/C20H28F2INO5/c1-18(2,3)28-16(25)20(7,24-17(26)29-19(4,5)6)10-11-9-12(23)14(22)15(27-8)13(11)21/h9H,10H2,1-8H3,(H,24,26). The Balaban J connectivity index is 3.37. The van der Waals surface area contributed by atoms with Crippen LogP contribution in [0.3, 0.4) is 0 Å². The minimum atomic E-state index is -1.68. The Bertz CT molecular complexity index is 787. The first kappa shape index (κ1) is 25.4. The van der Waals surface area contributed by atoms with Gasteiger partial charge in [0.2, 0.25) is 0 Å². The SMILES string of the molecule is COc1c(F)c(I)cc(CC(C)(NC(=O)OC(C)(C)C)C(=O)OC(C)(C)C)c1F. The van der Waals surface area contributed by atoms with Crippen molar-refractivity contribution in [1.29, 1.82) is 0 Å². The highest BCUT2D eigenvalue weighted by Crippen LogP contribution is 2.31. The number of carbonyl (C=O) groups is 2. The molecule has 0 heterocycles. The molecular weight excluding hydrogens is 499 g/mol. The number of esters is 1. The molecule has 0 saturated carbocycles. The summed E-state index contributed by atoms with van der Waals surface area (Å²) in [5.41, 5.74) is -3.35. The van der Waals surface area contributed by atoms with Crippen molar-refractivity contribution in [3.63, 3.8) is 0 Å². The summed E-state index contributed by atoms with van der Waals surface area (Å²) in [7, 11) is 1.15. The highest BCUT2D eigenvalue weighted by molar-refractivity contribution is 14.1. The maximum atomic E-state index is 14.8. The summed E-state index contributed by atoms with van der Waals surface area (Å²) in [6.07, 6.45) is -1.17. The quantitative estimate of drug-likeness (QED) is 0.340. The van der Waals surface area contributed by atoms with E-state index in [0.29, 0.717) is 0 Å². The Kier molecular flexibility index (Phi) is 7.89. The maximum absolute atomic E-state index is 14.8. The zero-order chi connectivity index (χ0) is 22.8.